The second kappa shape index (κ2) is 7.83. The van der Waals surface area contributed by atoms with Crippen molar-refractivity contribution in [3.8, 4) is 5.75 Å². The Balaban J connectivity index is 2.20. The van der Waals surface area contributed by atoms with Gasteiger partial charge in [-0.2, -0.15) is 0 Å². The summed E-state index contributed by atoms with van der Waals surface area (Å²) in [5.41, 5.74) is 3.75. The molecule has 0 unspecified atom stereocenters. The van der Waals surface area contributed by atoms with E-state index < -0.39 is 4.25 Å². The van der Waals surface area contributed by atoms with Gasteiger partial charge in [-0.05, 0) is 0 Å². The van der Waals surface area contributed by atoms with Crippen molar-refractivity contribution in [2.45, 2.75) is 20.8 Å². The number of aromatic hydroxyl groups is 1. The molecule has 4 rings (SSSR count). The average molecular weight is 524 g/mol. The molecule has 1 nitrogen and oxygen atoms in total. The van der Waals surface area contributed by atoms with Gasteiger partial charge in [0.05, 0.1) is 0 Å². The number of phenols is 1. The molecule has 0 aliphatic rings. The molecule has 30 heavy (non-hydrogen) atoms. The van der Waals surface area contributed by atoms with Crippen molar-refractivity contribution < 1.29 is 5.11 Å². The van der Waals surface area contributed by atoms with Gasteiger partial charge in [-0.1, -0.05) is 0 Å². The Kier molecular flexibility index (Phi) is 5.50. The van der Waals surface area contributed by atoms with Gasteiger partial charge in [0.25, 0.3) is 0 Å². The topological polar surface area (TPSA) is 20.2 Å². The fraction of sp³-hybridized carbons (Fsp3) is 0.111. The molecular formula is C27H26IOP. The van der Waals surface area contributed by atoms with Crippen LogP contribution < -0.4 is 21.2 Å². The van der Waals surface area contributed by atoms with Crippen LogP contribution in [0.1, 0.15) is 16.7 Å². The van der Waals surface area contributed by atoms with E-state index in [2.05, 4.69) is 128 Å². The van der Waals surface area contributed by atoms with Crippen LogP contribution in [0.3, 0.4) is 0 Å². The standard InChI is InChI=1S/C27H26IOP/c1-20-4-12-24(13-5-20)30(28,25-14-6-21(2)7-15-25,26-16-8-22(3)9-17-26)27-18-10-23(29)11-19-27/h4-19,29H,1-3H3. The van der Waals surface area contributed by atoms with Crippen molar-refractivity contribution in [1.29, 1.82) is 0 Å². The summed E-state index contributed by atoms with van der Waals surface area (Å²) >= 11 is 2.77. The van der Waals surface area contributed by atoms with Crippen LogP contribution in [0.25, 0.3) is 0 Å². The summed E-state index contributed by atoms with van der Waals surface area (Å²) in [7, 11) is 0. The van der Waals surface area contributed by atoms with E-state index in [1.807, 2.05) is 12.1 Å². The van der Waals surface area contributed by atoms with E-state index in [1.54, 1.807) is 0 Å². The van der Waals surface area contributed by atoms with E-state index in [1.165, 1.54) is 37.9 Å². The van der Waals surface area contributed by atoms with Gasteiger partial charge < -0.3 is 0 Å². The van der Waals surface area contributed by atoms with Crippen LogP contribution in [-0.2, 0) is 0 Å². The van der Waals surface area contributed by atoms with Crippen molar-refractivity contribution in [2.75, 3.05) is 0 Å². The second-order valence-corrected chi connectivity index (χ2v) is 17.9. The maximum absolute atomic E-state index is 10.0. The molecule has 0 bridgehead atoms. The normalized spacial score (nSPS) is 12.9. The summed E-state index contributed by atoms with van der Waals surface area (Å²) in [4.78, 5) is 0. The van der Waals surface area contributed by atoms with Gasteiger partial charge >= 0.3 is 193 Å². The molecule has 0 spiro atoms. The van der Waals surface area contributed by atoms with Gasteiger partial charge in [-0.25, -0.2) is 0 Å². The van der Waals surface area contributed by atoms with Crippen molar-refractivity contribution in [3.05, 3.63) is 114 Å². The number of aryl methyl sites for hydroxylation is 3. The Bertz CT molecular complexity index is 968. The van der Waals surface area contributed by atoms with Gasteiger partial charge in [0.2, 0.25) is 0 Å². The van der Waals surface area contributed by atoms with Crippen molar-refractivity contribution in [3.63, 3.8) is 0 Å². The summed E-state index contributed by atoms with van der Waals surface area (Å²) < 4.78 is -3.05. The Labute approximate surface area is 192 Å². The second-order valence-electron chi connectivity index (χ2n) is 8.03. The predicted octanol–water partition coefficient (Wildman–Crippen LogP) is 5.82. The Morgan fingerprint density at radius 1 is 0.467 bits per heavy atom. The number of hydrogen-bond acceptors (Lipinski definition) is 1. The molecule has 0 radical (unpaired) electrons. The third kappa shape index (κ3) is 3.27. The summed E-state index contributed by atoms with van der Waals surface area (Å²) in [5.74, 6) is 0.289. The first-order valence-corrected chi connectivity index (χ1v) is 15.1. The third-order valence-electron chi connectivity index (χ3n) is 5.89. The fourth-order valence-corrected chi connectivity index (χ4v) is 12.6. The minimum atomic E-state index is -3.05. The van der Waals surface area contributed by atoms with Crippen LogP contribution in [0, 0.1) is 20.8 Å². The molecule has 152 valence electrons. The molecule has 4 aromatic carbocycles. The van der Waals surface area contributed by atoms with E-state index >= 15 is 0 Å². The van der Waals surface area contributed by atoms with E-state index in [0.29, 0.717) is 0 Å². The van der Waals surface area contributed by atoms with Crippen LogP contribution in [-0.4, -0.2) is 5.11 Å². The van der Waals surface area contributed by atoms with Crippen LogP contribution in [0.4, 0.5) is 0 Å². The summed E-state index contributed by atoms with van der Waals surface area (Å²) in [6.45, 7) is 6.39. The van der Waals surface area contributed by atoms with E-state index in [9.17, 15) is 5.11 Å². The Morgan fingerprint density at radius 2 is 0.700 bits per heavy atom. The molecule has 0 saturated heterocycles. The SMILES string of the molecule is Cc1ccc(P(I)(c2ccc(C)cc2)(c2ccc(C)cc2)c2ccc(O)cc2)cc1. The number of phenolic OH excluding ortho intramolecular Hbond substituents is 1. The molecule has 0 fully saturated rings. The molecule has 4 aromatic rings. The zero-order valence-electron chi connectivity index (χ0n) is 17.5. The van der Waals surface area contributed by atoms with E-state index in [-0.39, 0.29) is 5.75 Å². The average Bonchev–Trinajstić information content (AvgIpc) is 2.75. The van der Waals surface area contributed by atoms with Crippen molar-refractivity contribution >= 4 is 47.5 Å². The molecule has 0 atom stereocenters. The van der Waals surface area contributed by atoms with Gasteiger partial charge in [-0.15, -0.1) is 0 Å². The molecule has 0 aromatic heterocycles. The first-order valence-electron chi connectivity index (χ1n) is 10.1. The van der Waals surface area contributed by atoms with Crippen LogP contribution in [0.15, 0.2) is 97.1 Å². The zero-order valence-corrected chi connectivity index (χ0v) is 20.6. The number of rotatable bonds is 4. The quantitative estimate of drug-likeness (QED) is 0.264. The first-order chi connectivity index (χ1) is 14.3. The van der Waals surface area contributed by atoms with E-state index in [4.69, 9.17) is 0 Å². The van der Waals surface area contributed by atoms with Gasteiger partial charge in [-0.3, -0.25) is 0 Å². The monoisotopic (exact) mass is 524 g/mol. The number of benzene rings is 4. The maximum atomic E-state index is 10.0. The predicted molar refractivity (Wildman–Crippen MR) is 141 cm³/mol. The Morgan fingerprint density at radius 3 is 0.967 bits per heavy atom. The minimum absolute atomic E-state index is 0.289. The summed E-state index contributed by atoms with van der Waals surface area (Å²) in [6, 6.07) is 34.8. The zero-order chi connectivity index (χ0) is 21.4. The Hall–Kier alpha value is -2.16. The molecular weight excluding hydrogens is 498 g/mol. The molecule has 0 heterocycles. The van der Waals surface area contributed by atoms with Crippen LogP contribution in [0.2, 0.25) is 0 Å². The van der Waals surface area contributed by atoms with Gasteiger partial charge in [0, 0.05) is 0 Å². The number of halogens is 1. The molecule has 1 N–H and O–H groups in total. The van der Waals surface area contributed by atoms with Crippen LogP contribution in [0.5, 0.6) is 5.75 Å². The van der Waals surface area contributed by atoms with Crippen molar-refractivity contribution in [2.24, 2.45) is 0 Å². The fourth-order valence-electron chi connectivity index (χ4n) is 4.10. The number of hydrogen-bond donors (Lipinski definition) is 1. The first kappa shape index (κ1) is 21.1. The van der Waals surface area contributed by atoms with Gasteiger partial charge in [0.15, 0.2) is 0 Å². The summed E-state index contributed by atoms with van der Waals surface area (Å²) in [6.07, 6.45) is 0. The molecule has 0 aliphatic carbocycles. The van der Waals surface area contributed by atoms with E-state index in [0.717, 1.165) is 0 Å². The third-order valence-corrected chi connectivity index (χ3v) is 17.6. The molecule has 0 saturated carbocycles. The molecule has 0 amide bonds. The van der Waals surface area contributed by atoms with Crippen LogP contribution >= 0.6 is 26.3 Å². The van der Waals surface area contributed by atoms with Crippen molar-refractivity contribution in [1.82, 2.24) is 0 Å². The molecule has 3 heteroatoms. The molecule has 0 aliphatic heterocycles. The van der Waals surface area contributed by atoms with Gasteiger partial charge in [0.1, 0.15) is 0 Å². The summed E-state index contributed by atoms with van der Waals surface area (Å²) in [5, 5.41) is 15.2.